The molecule has 0 saturated carbocycles. The maximum atomic E-state index is 6.40. The lowest BCUT2D eigenvalue weighted by Gasteiger charge is -2.26. The Kier molecular flexibility index (Phi) is 7.34. The Bertz CT molecular complexity index is 2090. The van der Waals surface area contributed by atoms with Crippen LogP contribution >= 0.6 is 0 Å². The van der Waals surface area contributed by atoms with Gasteiger partial charge in [-0.05, 0) is 90.6 Å². The van der Waals surface area contributed by atoms with Gasteiger partial charge in [0.15, 0.2) is 0 Å². The molecule has 0 fully saturated rings. The molecule has 0 bridgehead atoms. The van der Waals surface area contributed by atoms with Crippen LogP contribution in [0.3, 0.4) is 0 Å². The van der Waals surface area contributed by atoms with E-state index in [-0.39, 0.29) is 5.41 Å². The Hall–Kier alpha value is -5.60. The summed E-state index contributed by atoms with van der Waals surface area (Å²) in [7, 11) is 0. The van der Waals surface area contributed by atoms with Gasteiger partial charge in [-0.2, -0.15) is 0 Å². The van der Waals surface area contributed by atoms with Crippen LogP contribution in [0.25, 0.3) is 43.1 Å². The normalized spacial score (nSPS) is 11.8. The average molecular weight is 609 g/mol. The summed E-state index contributed by atoms with van der Waals surface area (Å²) in [6.07, 6.45) is 0. The number of ether oxygens (including phenoxy) is 2. The van der Waals surface area contributed by atoms with E-state index in [2.05, 4.69) is 172 Å². The van der Waals surface area contributed by atoms with Gasteiger partial charge in [0.1, 0.15) is 24.7 Å². The first kappa shape index (κ1) is 28.8. The number of benzene rings is 8. The molecule has 0 N–H and O–H groups in total. The van der Waals surface area contributed by atoms with E-state index in [1.807, 2.05) is 0 Å². The first-order valence-electron chi connectivity index (χ1n) is 16.3. The third-order valence-electron chi connectivity index (χ3n) is 9.68. The highest BCUT2D eigenvalue weighted by Gasteiger charge is 2.23. The third kappa shape index (κ3) is 5.47. The highest BCUT2D eigenvalue weighted by molar-refractivity contribution is 6.03. The Morgan fingerprint density at radius 1 is 0.383 bits per heavy atom. The zero-order valence-corrected chi connectivity index (χ0v) is 26.7. The van der Waals surface area contributed by atoms with E-state index in [4.69, 9.17) is 9.47 Å². The van der Waals surface area contributed by atoms with Crippen molar-refractivity contribution >= 4 is 43.1 Å². The van der Waals surface area contributed by atoms with E-state index in [0.717, 1.165) is 11.5 Å². The van der Waals surface area contributed by atoms with Crippen molar-refractivity contribution in [2.24, 2.45) is 0 Å². The number of fused-ring (bicyclic) bond motifs is 4. The van der Waals surface area contributed by atoms with E-state index >= 15 is 0 Å². The first-order chi connectivity index (χ1) is 23.0. The molecule has 0 unspecified atom stereocenters. The standard InChI is InChI=1S/C45H36O2/c1-45(2,35-19-23-37(24-20-35)46-29-43-39-15-7-3-11-31(39)27-32-12-4-8-16-40(32)43)36-21-25-38(26-22-36)47-30-44-41-17-9-5-13-33(41)28-34-14-6-10-18-42(34)44/h3-28H,29-30H2,1-2H3. The summed E-state index contributed by atoms with van der Waals surface area (Å²) in [5.41, 5.74) is 4.72. The minimum Gasteiger partial charge on any atom is -0.489 e. The summed E-state index contributed by atoms with van der Waals surface area (Å²) in [5, 5.41) is 9.90. The molecule has 0 heterocycles. The van der Waals surface area contributed by atoms with Crippen LogP contribution in [-0.2, 0) is 18.6 Å². The van der Waals surface area contributed by atoms with E-state index in [1.165, 1.54) is 65.3 Å². The minimum absolute atomic E-state index is 0.186. The van der Waals surface area contributed by atoms with Crippen LogP contribution in [0.2, 0.25) is 0 Å². The molecule has 8 rings (SSSR count). The predicted octanol–water partition coefficient (Wildman–Crippen LogP) is 11.8. The highest BCUT2D eigenvalue weighted by Crippen LogP contribution is 2.35. The lowest BCUT2D eigenvalue weighted by Crippen LogP contribution is -2.18. The zero-order chi connectivity index (χ0) is 31.8. The number of rotatable bonds is 8. The summed E-state index contributed by atoms with van der Waals surface area (Å²) in [6, 6.07) is 55.9. The maximum absolute atomic E-state index is 6.40. The molecule has 0 saturated heterocycles. The maximum Gasteiger partial charge on any atom is 0.119 e. The van der Waals surface area contributed by atoms with Crippen molar-refractivity contribution < 1.29 is 9.47 Å². The second-order valence-corrected chi connectivity index (χ2v) is 12.8. The van der Waals surface area contributed by atoms with Gasteiger partial charge in [0.25, 0.3) is 0 Å². The molecule has 0 atom stereocenters. The van der Waals surface area contributed by atoms with Gasteiger partial charge in [-0.1, -0.05) is 135 Å². The van der Waals surface area contributed by atoms with Crippen LogP contribution in [0.15, 0.2) is 158 Å². The van der Waals surface area contributed by atoms with Crippen LogP contribution in [-0.4, -0.2) is 0 Å². The second kappa shape index (κ2) is 12.0. The molecular weight excluding hydrogens is 572 g/mol. The van der Waals surface area contributed by atoms with Gasteiger partial charge >= 0.3 is 0 Å². The highest BCUT2D eigenvalue weighted by atomic mass is 16.5. The molecule has 2 nitrogen and oxygen atoms in total. The van der Waals surface area contributed by atoms with E-state index in [9.17, 15) is 0 Å². The van der Waals surface area contributed by atoms with Crippen molar-refractivity contribution in [2.45, 2.75) is 32.5 Å². The van der Waals surface area contributed by atoms with Crippen LogP contribution in [0, 0.1) is 0 Å². The van der Waals surface area contributed by atoms with Crippen molar-refractivity contribution in [1.29, 1.82) is 0 Å². The fourth-order valence-electron chi connectivity index (χ4n) is 6.94. The summed E-state index contributed by atoms with van der Waals surface area (Å²) in [4.78, 5) is 0. The molecule has 228 valence electrons. The Morgan fingerprint density at radius 3 is 1.00 bits per heavy atom. The molecule has 0 radical (unpaired) electrons. The van der Waals surface area contributed by atoms with Crippen LogP contribution in [0.5, 0.6) is 11.5 Å². The molecule has 0 aliphatic heterocycles. The second-order valence-electron chi connectivity index (χ2n) is 12.8. The summed E-state index contributed by atoms with van der Waals surface area (Å²) >= 11 is 0. The van der Waals surface area contributed by atoms with Crippen LogP contribution in [0.1, 0.15) is 36.1 Å². The monoisotopic (exact) mass is 608 g/mol. The zero-order valence-electron chi connectivity index (χ0n) is 26.7. The molecule has 8 aromatic carbocycles. The Labute approximate surface area is 275 Å². The third-order valence-corrected chi connectivity index (χ3v) is 9.68. The van der Waals surface area contributed by atoms with Gasteiger partial charge in [0.05, 0.1) is 0 Å². The van der Waals surface area contributed by atoms with Crippen molar-refractivity contribution in [2.75, 3.05) is 0 Å². The topological polar surface area (TPSA) is 18.5 Å². The van der Waals surface area contributed by atoms with Crippen molar-refractivity contribution in [3.05, 3.63) is 180 Å². The quantitative estimate of drug-likeness (QED) is 0.160. The van der Waals surface area contributed by atoms with Gasteiger partial charge < -0.3 is 9.47 Å². The fourth-order valence-corrected chi connectivity index (χ4v) is 6.94. The largest absolute Gasteiger partial charge is 0.489 e. The molecule has 8 aromatic rings. The van der Waals surface area contributed by atoms with Crippen molar-refractivity contribution in [3.63, 3.8) is 0 Å². The van der Waals surface area contributed by atoms with Crippen LogP contribution in [0.4, 0.5) is 0 Å². The average Bonchev–Trinajstić information content (AvgIpc) is 3.12. The smallest absolute Gasteiger partial charge is 0.119 e. The minimum atomic E-state index is -0.186. The predicted molar refractivity (Wildman–Crippen MR) is 197 cm³/mol. The number of hydrogen-bond donors (Lipinski definition) is 0. The molecular formula is C45H36O2. The summed E-state index contributed by atoms with van der Waals surface area (Å²) in [6.45, 7) is 5.56. The van der Waals surface area contributed by atoms with E-state index < -0.39 is 0 Å². The summed E-state index contributed by atoms with van der Waals surface area (Å²) in [5.74, 6) is 1.73. The first-order valence-corrected chi connectivity index (χ1v) is 16.3. The SMILES string of the molecule is CC(C)(c1ccc(OCc2c3ccccc3cc3ccccc23)cc1)c1ccc(OCc2c3ccccc3cc3ccccc23)cc1. The summed E-state index contributed by atoms with van der Waals surface area (Å²) < 4.78 is 12.8. The van der Waals surface area contributed by atoms with Crippen molar-refractivity contribution in [3.8, 4) is 11.5 Å². The van der Waals surface area contributed by atoms with E-state index in [0.29, 0.717) is 13.2 Å². The van der Waals surface area contributed by atoms with E-state index in [1.54, 1.807) is 0 Å². The molecule has 2 heteroatoms. The fraction of sp³-hybridized carbons (Fsp3) is 0.111. The molecule has 47 heavy (non-hydrogen) atoms. The molecule has 0 aliphatic carbocycles. The lowest BCUT2D eigenvalue weighted by molar-refractivity contribution is 0.309. The molecule has 0 aromatic heterocycles. The van der Waals surface area contributed by atoms with Crippen LogP contribution < -0.4 is 9.47 Å². The van der Waals surface area contributed by atoms with Gasteiger partial charge in [-0.25, -0.2) is 0 Å². The lowest BCUT2D eigenvalue weighted by atomic mass is 9.78. The van der Waals surface area contributed by atoms with Gasteiger partial charge in [-0.15, -0.1) is 0 Å². The molecule has 0 amide bonds. The number of hydrogen-bond acceptors (Lipinski definition) is 2. The van der Waals surface area contributed by atoms with Crippen molar-refractivity contribution in [1.82, 2.24) is 0 Å². The van der Waals surface area contributed by atoms with Gasteiger partial charge in [0.2, 0.25) is 0 Å². The molecule has 0 aliphatic rings. The van der Waals surface area contributed by atoms with Gasteiger partial charge in [-0.3, -0.25) is 0 Å². The molecule has 0 spiro atoms. The Balaban J connectivity index is 0.984. The Morgan fingerprint density at radius 2 is 0.681 bits per heavy atom. The van der Waals surface area contributed by atoms with Gasteiger partial charge in [0, 0.05) is 16.5 Å².